The highest BCUT2D eigenvalue weighted by molar-refractivity contribution is 5.79. The van der Waals surface area contributed by atoms with Crippen molar-refractivity contribution in [2.45, 2.75) is 350 Å². The van der Waals surface area contributed by atoms with Crippen molar-refractivity contribution in [2.75, 3.05) is 0 Å². The minimum atomic E-state index is -0.0739. The topological polar surface area (TPSA) is 175 Å². The molecule has 6 amide bonds. The third kappa shape index (κ3) is 37.8. The summed E-state index contributed by atoms with van der Waals surface area (Å²) >= 11 is 0. The number of rotatable bonds is 54. The summed E-state index contributed by atoms with van der Waals surface area (Å²) in [6.07, 6.45) is 40.3. The Balaban J connectivity index is 4.12. The molecule has 1 aromatic carbocycles. The summed E-state index contributed by atoms with van der Waals surface area (Å²) in [6, 6.07) is 0. The molecule has 0 heterocycles. The van der Waals surface area contributed by atoms with Crippen LogP contribution in [0.15, 0.2) is 0 Å². The second-order valence-electron chi connectivity index (χ2n) is 22.6. The summed E-state index contributed by atoms with van der Waals surface area (Å²) in [4.78, 5) is 83.1. The monoisotopic (exact) mass is 1090 g/mol. The Morgan fingerprint density at radius 1 is 0.192 bits per heavy atom. The minimum Gasteiger partial charge on any atom is -0.352 e. The first-order valence-corrected chi connectivity index (χ1v) is 32.8. The van der Waals surface area contributed by atoms with E-state index in [9.17, 15) is 28.8 Å². The molecule has 0 fully saturated rings. The maximum atomic E-state index is 13.8. The highest BCUT2D eigenvalue weighted by atomic mass is 16.2. The number of benzene rings is 1. The van der Waals surface area contributed by atoms with Crippen LogP contribution in [-0.2, 0) is 68.0 Å². The van der Waals surface area contributed by atoms with Gasteiger partial charge >= 0.3 is 0 Å². The summed E-state index contributed by atoms with van der Waals surface area (Å²) in [7, 11) is 0. The van der Waals surface area contributed by atoms with E-state index in [2.05, 4.69) is 73.4 Å². The molecule has 12 nitrogen and oxygen atoms in total. The number of carbonyl (C=O) groups is 6. The van der Waals surface area contributed by atoms with E-state index < -0.39 is 0 Å². The summed E-state index contributed by atoms with van der Waals surface area (Å²) in [6.45, 7) is 13.9. The fourth-order valence-corrected chi connectivity index (χ4v) is 10.4. The first-order chi connectivity index (χ1) is 38.1. The molecule has 12 heteroatoms. The molecule has 450 valence electrons. The maximum absolute atomic E-state index is 13.8. The van der Waals surface area contributed by atoms with Gasteiger partial charge < -0.3 is 31.9 Å². The Hall–Kier alpha value is -3.96. The van der Waals surface area contributed by atoms with Crippen molar-refractivity contribution in [3.05, 3.63) is 33.4 Å². The number of hydrogen-bond donors (Lipinski definition) is 6. The van der Waals surface area contributed by atoms with Crippen molar-refractivity contribution in [1.82, 2.24) is 31.9 Å². The lowest BCUT2D eigenvalue weighted by molar-refractivity contribution is -0.122. The zero-order valence-corrected chi connectivity index (χ0v) is 51.4. The van der Waals surface area contributed by atoms with E-state index in [1.807, 2.05) is 0 Å². The van der Waals surface area contributed by atoms with Gasteiger partial charge in [0.15, 0.2) is 0 Å². The van der Waals surface area contributed by atoms with E-state index in [-0.39, 0.29) is 74.7 Å². The van der Waals surface area contributed by atoms with Gasteiger partial charge in [-0.05, 0) is 71.9 Å². The molecule has 0 aliphatic heterocycles. The molecule has 0 aromatic heterocycles. The molecule has 0 aliphatic rings. The van der Waals surface area contributed by atoms with Gasteiger partial charge in [-0.1, -0.05) is 234 Å². The van der Waals surface area contributed by atoms with Gasteiger partial charge in [0.25, 0.3) is 0 Å². The molecule has 6 N–H and O–H groups in total. The van der Waals surface area contributed by atoms with Crippen molar-refractivity contribution in [2.24, 2.45) is 0 Å². The summed E-state index contributed by atoms with van der Waals surface area (Å²) < 4.78 is 0. The molecular weight excluding hydrogens is 973 g/mol. The Morgan fingerprint density at radius 2 is 0.308 bits per heavy atom. The first-order valence-electron chi connectivity index (χ1n) is 32.8. The molecule has 0 unspecified atom stereocenters. The van der Waals surface area contributed by atoms with Gasteiger partial charge in [0.05, 0.1) is 0 Å². The van der Waals surface area contributed by atoms with Crippen LogP contribution in [0.2, 0.25) is 0 Å². The number of hydrogen-bond acceptors (Lipinski definition) is 6. The molecule has 78 heavy (non-hydrogen) atoms. The highest BCUT2D eigenvalue weighted by Gasteiger charge is 2.26. The van der Waals surface area contributed by atoms with Crippen molar-refractivity contribution < 1.29 is 28.8 Å². The van der Waals surface area contributed by atoms with E-state index in [1.54, 1.807) is 0 Å². The van der Waals surface area contributed by atoms with Crippen LogP contribution in [0.3, 0.4) is 0 Å². The van der Waals surface area contributed by atoms with Crippen LogP contribution in [0.1, 0.15) is 345 Å². The van der Waals surface area contributed by atoms with Gasteiger partial charge in [0.1, 0.15) is 0 Å². The van der Waals surface area contributed by atoms with Gasteiger partial charge in [-0.25, -0.2) is 0 Å². The number of unbranched alkanes of at least 4 members (excludes halogenated alkanes) is 30. The Kier molecular flexibility index (Phi) is 47.3. The third-order valence-corrected chi connectivity index (χ3v) is 15.5. The quantitative estimate of drug-likeness (QED) is 0.0354. The SMILES string of the molecule is CCCCCCCCC(=O)NCc1c(CNC(=O)CCCCCCCC)c(CNC(=O)CCCCCCCC)c(CNC(=O)CCCCCCCC)c(CNC(=O)CCCCCCCC)c1CNC(=O)CCCCCCCC. The molecule has 1 aromatic rings. The Labute approximate surface area is 478 Å². The van der Waals surface area contributed by atoms with Gasteiger partial charge in [-0.15, -0.1) is 0 Å². The van der Waals surface area contributed by atoms with Crippen LogP contribution >= 0.6 is 0 Å². The Bertz CT molecular complexity index is 1400. The van der Waals surface area contributed by atoms with Crippen LogP contribution < -0.4 is 31.9 Å². The van der Waals surface area contributed by atoms with E-state index in [4.69, 9.17) is 0 Å². The lowest BCUT2D eigenvalue weighted by atomic mass is 9.85. The summed E-state index contributed by atoms with van der Waals surface area (Å²) in [5.41, 5.74) is 4.55. The predicted molar refractivity (Wildman–Crippen MR) is 325 cm³/mol. The van der Waals surface area contributed by atoms with E-state index in [0.29, 0.717) is 38.5 Å². The molecule has 0 saturated heterocycles. The van der Waals surface area contributed by atoms with Crippen LogP contribution in [-0.4, -0.2) is 35.4 Å². The van der Waals surface area contributed by atoms with E-state index in [1.165, 1.54) is 38.5 Å². The number of amides is 6. The third-order valence-electron chi connectivity index (χ3n) is 15.5. The van der Waals surface area contributed by atoms with Crippen LogP contribution in [0.25, 0.3) is 0 Å². The zero-order valence-electron chi connectivity index (χ0n) is 51.4. The second kappa shape index (κ2) is 51.2. The smallest absolute Gasteiger partial charge is 0.220 e. The van der Waals surface area contributed by atoms with Crippen molar-refractivity contribution >= 4 is 35.4 Å². The minimum absolute atomic E-state index is 0.0739. The lowest BCUT2D eigenvalue weighted by Gasteiger charge is -2.28. The molecule has 0 saturated carbocycles. The van der Waals surface area contributed by atoms with Crippen LogP contribution in [0, 0.1) is 0 Å². The summed E-state index contributed by atoms with van der Waals surface area (Å²) in [5, 5.41) is 19.6. The first kappa shape index (κ1) is 72.1. The standard InChI is InChI=1S/C66H120N6O6/c1-7-13-19-25-31-37-43-61(73)67-49-55-56(50-68-62(74)44-38-32-26-20-14-8-2)58(52-70-64(76)46-40-34-28-22-16-10-4)60(54-72-66(78)48-42-36-30-24-18-12-6)59(53-71-65(77)47-41-35-29-23-17-11-5)57(55)51-69-63(75)45-39-33-27-21-15-9-3/h7-54H2,1-6H3,(H,67,73)(H,68,74)(H,69,75)(H,70,76)(H,71,77)(H,72,78). The summed E-state index contributed by atoms with van der Waals surface area (Å²) in [5.74, 6) is -0.443. The van der Waals surface area contributed by atoms with Gasteiger partial charge in [0, 0.05) is 77.8 Å². The molecule has 0 bridgehead atoms. The van der Waals surface area contributed by atoms with E-state index >= 15 is 0 Å². The maximum Gasteiger partial charge on any atom is 0.220 e. The average Bonchev–Trinajstić information content (AvgIpc) is 3.43. The van der Waals surface area contributed by atoms with Crippen LogP contribution in [0.4, 0.5) is 0 Å². The zero-order chi connectivity index (χ0) is 57.1. The number of carbonyl (C=O) groups excluding carboxylic acids is 6. The van der Waals surface area contributed by atoms with Crippen molar-refractivity contribution in [3.63, 3.8) is 0 Å². The van der Waals surface area contributed by atoms with Crippen molar-refractivity contribution in [1.29, 1.82) is 0 Å². The van der Waals surface area contributed by atoms with Gasteiger partial charge in [-0.2, -0.15) is 0 Å². The fourth-order valence-electron chi connectivity index (χ4n) is 10.4. The predicted octanol–water partition coefficient (Wildman–Crippen LogP) is 15.9. The molecule has 0 aliphatic carbocycles. The lowest BCUT2D eigenvalue weighted by Crippen LogP contribution is -2.35. The van der Waals surface area contributed by atoms with Crippen molar-refractivity contribution in [3.8, 4) is 0 Å². The molecule has 0 atom stereocenters. The highest BCUT2D eigenvalue weighted by Crippen LogP contribution is 2.31. The van der Waals surface area contributed by atoms with E-state index in [0.717, 1.165) is 226 Å². The fraction of sp³-hybridized carbons (Fsp3) is 0.818. The molecule has 0 radical (unpaired) electrons. The normalized spacial score (nSPS) is 11.2. The van der Waals surface area contributed by atoms with Gasteiger partial charge in [0.2, 0.25) is 35.4 Å². The molecule has 1 rings (SSSR count). The molecular formula is C66H120N6O6. The number of nitrogens with one attached hydrogen (secondary N) is 6. The van der Waals surface area contributed by atoms with Crippen LogP contribution in [0.5, 0.6) is 0 Å². The van der Waals surface area contributed by atoms with Gasteiger partial charge in [-0.3, -0.25) is 28.8 Å². The Morgan fingerprint density at radius 3 is 0.436 bits per heavy atom. The average molecular weight is 1090 g/mol. The molecule has 0 spiro atoms. The largest absolute Gasteiger partial charge is 0.352 e. The second-order valence-corrected chi connectivity index (χ2v) is 22.6.